The van der Waals surface area contributed by atoms with Crippen LogP contribution in [0.25, 0.3) is 0 Å². The van der Waals surface area contributed by atoms with Gasteiger partial charge >= 0.3 is 0 Å². The maximum Gasteiger partial charge on any atom is 0.176 e. The summed E-state index contributed by atoms with van der Waals surface area (Å²) in [5, 5.41) is 3.13. The fourth-order valence-corrected chi connectivity index (χ4v) is 1.82. The highest BCUT2D eigenvalue weighted by Gasteiger charge is 2.04. The summed E-state index contributed by atoms with van der Waals surface area (Å²) in [6.07, 6.45) is 3.49. The lowest BCUT2D eigenvalue weighted by molar-refractivity contribution is 0.0991. The number of ketones is 1. The van der Waals surface area contributed by atoms with Gasteiger partial charge in [-0.1, -0.05) is 28.1 Å². The van der Waals surface area contributed by atoms with E-state index in [0.29, 0.717) is 13.1 Å². The zero-order chi connectivity index (χ0) is 12.8. The normalized spacial score (nSPS) is 10.3. The Balaban J connectivity index is 1.84. The number of rotatable bonds is 5. The smallest absolute Gasteiger partial charge is 0.176 e. The molecule has 0 unspecified atom stereocenters. The minimum absolute atomic E-state index is 0.0940. The molecule has 0 bridgehead atoms. The highest BCUT2D eigenvalue weighted by molar-refractivity contribution is 9.10. The first-order valence-corrected chi connectivity index (χ1v) is 6.43. The molecule has 18 heavy (non-hydrogen) atoms. The third-order valence-electron chi connectivity index (χ3n) is 2.53. The van der Waals surface area contributed by atoms with Gasteiger partial charge in [0.1, 0.15) is 0 Å². The zero-order valence-electron chi connectivity index (χ0n) is 9.77. The van der Waals surface area contributed by atoms with Crippen LogP contribution in [0, 0.1) is 0 Å². The molecule has 0 aliphatic rings. The van der Waals surface area contributed by atoms with Crippen molar-refractivity contribution in [1.29, 1.82) is 0 Å². The van der Waals surface area contributed by atoms with E-state index < -0.39 is 0 Å². The molecule has 0 fully saturated rings. The topological polar surface area (TPSA) is 42.0 Å². The molecule has 3 nitrogen and oxygen atoms in total. The van der Waals surface area contributed by atoms with Crippen LogP contribution in [-0.4, -0.2) is 17.3 Å². The summed E-state index contributed by atoms with van der Waals surface area (Å²) < 4.78 is 0.976. The Morgan fingerprint density at radius 2 is 1.78 bits per heavy atom. The van der Waals surface area contributed by atoms with Crippen LogP contribution in [0.4, 0.5) is 0 Å². The number of aromatic nitrogens is 1. The Bertz CT molecular complexity index is 511. The van der Waals surface area contributed by atoms with Crippen molar-refractivity contribution in [2.24, 2.45) is 0 Å². The predicted molar refractivity (Wildman–Crippen MR) is 74.4 cm³/mol. The van der Waals surface area contributed by atoms with Gasteiger partial charge in [-0.3, -0.25) is 9.78 Å². The van der Waals surface area contributed by atoms with Gasteiger partial charge in [-0.15, -0.1) is 0 Å². The minimum atomic E-state index is 0.0940. The minimum Gasteiger partial charge on any atom is -0.306 e. The third-order valence-corrected chi connectivity index (χ3v) is 3.06. The van der Waals surface area contributed by atoms with Crippen molar-refractivity contribution in [3.05, 3.63) is 64.4 Å². The van der Waals surface area contributed by atoms with Crippen molar-refractivity contribution in [3.63, 3.8) is 0 Å². The van der Waals surface area contributed by atoms with E-state index in [1.165, 1.54) is 0 Å². The molecule has 0 aliphatic heterocycles. The van der Waals surface area contributed by atoms with E-state index in [1.54, 1.807) is 12.4 Å². The molecule has 0 amide bonds. The Hall–Kier alpha value is -1.52. The highest BCUT2D eigenvalue weighted by atomic mass is 79.9. The van der Waals surface area contributed by atoms with Crippen LogP contribution >= 0.6 is 15.9 Å². The standard InChI is InChI=1S/C14H13BrN2O/c15-13-3-1-12(2-4-13)14(18)10-17-9-11-5-7-16-8-6-11/h1-8,17H,9-10H2. The lowest BCUT2D eigenvalue weighted by Gasteiger charge is -2.04. The first-order valence-electron chi connectivity index (χ1n) is 5.64. The number of hydrogen-bond donors (Lipinski definition) is 1. The van der Waals surface area contributed by atoms with Crippen LogP contribution < -0.4 is 5.32 Å². The van der Waals surface area contributed by atoms with E-state index in [1.807, 2.05) is 36.4 Å². The summed E-state index contributed by atoms with van der Waals surface area (Å²) in [5.41, 5.74) is 1.84. The number of halogens is 1. The number of pyridine rings is 1. The average Bonchev–Trinajstić information content (AvgIpc) is 2.40. The monoisotopic (exact) mass is 304 g/mol. The van der Waals surface area contributed by atoms with E-state index in [4.69, 9.17) is 0 Å². The molecule has 0 saturated heterocycles. The van der Waals surface area contributed by atoms with Gasteiger partial charge in [0, 0.05) is 29.0 Å². The molecule has 4 heteroatoms. The number of nitrogens with one attached hydrogen (secondary N) is 1. The molecule has 2 rings (SSSR count). The van der Waals surface area contributed by atoms with E-state index in [-0.39, 0.29) is 5.78 Å². The summed E-state index contributed by atoms with van der Waals surface area (Å²) in [6, 6.07) is 11.2. The predicted octanol–water partition coefficient (Wildman–Crippen LogP) is 2.82. The molecule has 1 aromatic heterocycles. The second-order valence-electron chi connectivity index (χ2n) is 3.89. The molecule has 92 valence electrons. The first kappa shape index (κ1) is 12.9. The van der Waals surface area contributed by atoms with E-state index >= 15 is 0 Å². The van der Waals surface area contributed by atoms with Gasteiger partial charge in [-0.2, -0.15) is 0 Å². The van der Waals surface area contributed by atoms with Crippen LogP contribution in [0.3, 0.4) is 0 Å². The van der Waals surface area contributed by atoms with Gasteiger partial charge in [0.2, 0.25) is 0 Å². The van der Waals surface area contributed by atoms with Crippen LogP contribution in [0.2, 0.25) is 0 Å². The Morgan fingerprint density at radius 1 is 1.11 bits per heavy atom. The first-order chi connectivity index (χ1) is 8.75. The van der Waals surface area contributed by atoms with Crippen molar-refractivity contribution in [2.45, 2.75) is 6.54 Å². The van der Waals surface area contributed by atoms with Crippen molar-refractivity contribution in [3.8, 4) is 0 Å². The van der Waals surface area contributed by atoms with Gasteiger partial charge in [-0.05, 0) is 29.8 Å². The Kier molecular flexibility index (Phi) is 4.61. The highest BCUT2D eigenvalue weighted by Crippen LogP contribution is 2.10. The quantitative estimate of drug-likeness (QED) is 0.864. The van der Waals surface area contributed by atoms with E-state index in [0.717, 1.165) is 15.6 Å². The summed E-state index contributed by atoms with van der Waals surface area (Å²) in [7, 11) is 0. The summed E-state index contributed by atoms with van der Waals surface area (Å²) >= 11 is 3.34. The van der Waals surface area contributed by atoms with Gasteiger partial charge in [0.05, 0.1) is 6.54 Å². The third kappa shape index (κ3) is 3.75. The second-order valence-corrected chi connectivity index (χ2v) is 4.80. The molecule has 1 aromatic carbocycles. The van der Waals surface area contributed by atoms with Crippen LogP contribution in [0.5, 0.6) is 0 Å². The molecule has 0 radical (unpaired) electrons. The molecular weight excluding hydrogens is 292 g/mol. The molecule has 0 spiro atoms. The lowest BCUT2D eigenvalue weighted by atomic mass is 10.1. The maximum atomic E-state index is 11.9. The van der Waals surface area contributed by atoms with Crippen LogP contribution in [0.1, 0.15) is 15.9 Å². The fourth-order valence-electron chi connectivity index (χ4n) is 1.56. The van der Waals surface area contributed by atoms with Crippen molar-refractivity contribution in [2.75, 3.05) is 6.54 Å². The second kappa shape index (κ2) is 6.42. The molecule has 0 atom stereocenters. The number of benzene rings is 1. The molecule has 2 aromatic rings. The molecular formula is C14H13BrN2O. The van der Waals surface area contributed by atoms with Crippen molar-refractivity contribution >= 4 is 21.7 Å². The van der Waals surface area contributed by atoms with E-state index in [9.17, 15) is 4.79 Å². The number of hydrogen-bond acceptors (Lipinski definition) is 3. The molecule has 0 aliphatic carbocycles. The number of carbonyl (C=O) groups excluding carboxylic acids is 1. The number of Topliss-reactive ketones (excluding diaryl/α,β-unsaturated/α-hetero) is 1. The van der Waals surface area contributed by atoms with Crippen molar-refractivity contribution < 1.29 is 4.79 Å². The summed E-state index contributed by atoms with van der Waals surface area (Å²) in [4.78, 5) is 15.8. The maximum absolute atomic E-state index is 11.9. The van der Waals surface area contributed by atoms with Gasteiger partial charge in [0.15, 0.2) is 5.78 Å². The molecule has 1 heterocycles. The fraction of sp³-hybridized carbons (Fsp3) is 0.143. The SMILES string of the molecule is O=C(CNCc1ccncc1)c1ccc(Br)cc1. The number of carbonyl (C=O) groups is 1. The lowest BCUT2D eigenvalue weighted by Crippen LogP contribution is -2.22. The van der Waals surface area contributed by atoms with Crippen LogP contribution in [0.15, 0.2) is 53.3 Å². The van der Waals surface area contributed by atoms with E-state index in [2.05, 4.69) is 26.2 Å². The van der Waals surface area contributed by atoms with Crippen LogP contribution in [-0.2, 0) is 6.54 Å². The number of nitrogens with zero attached hydrogens (tertiary/aromatic N) is 1. The molecule has 0 saturated carbocycles. The average molecular weight is 305 g/mol. The van der Waals surface area contributed by atoms with Gasteiger partial charge in [0.25, 0.3) is 0 Å². The zero-order valence-corrected chi connectivity index (χ0v) is 11.4. The summed E-state index contributed by atoms with van der Waals surface area (Å²) in [5.74, 6) is 0.0940. The molecule has 1 N–H and O–H groups in total. The Morgan fingerprint density at radius 3 is 2.44 bits per heavy atom. The summed E-state index contributed by atoms with van der Waals surface area (Å²) in [6.45, 7) is 1.01. The van der Waals surface area contributed by atoms with Crippen molar-refractivity contribution in [1.82, 2.24) is 10.3 Å². The Labute approximate surface area is 114 Å². The largest absolute Gasteiger partial charge is 0.306 e. The van der Waals surface area contributed by atoms with Gasteiger partial charge in [-0.25, -0.2) is 0 Å². The van der Waals surface area contributed by atoms with Gasteiger partial charge < -0.3 is 5.32 Å².